The highest BCUT2D eigenvalue weighted by molar-refractivity contribution is 9.11. The number of aromatic nitrogens is 1. The summed E-state index contributed by atoms with van der Waals surface area (Å²) in [6, 6.07) is 6.41. The van der Waals surface area contributed by atoms with Gasteiger partial charge in [-0.3, -0.25) is 0 Å². The van der Waals surface area contributed by atoms with Crippen LogP contribution < -0.4 is 5.32 Å². The summed E-state index contributed by atoms with van der Waals surface area (Å²) in [7, 11) is 0. The first-order valence-corrected chi connectivity index (χ1v) is 8.05. The third-order valence-electron chi connectivity index (χ3n) is 3.07. The van der Waals surface area contributed by atoms with Crippen molar-refractivity contribution in [3.63, 3.8) is 0 Å². The summed E-state index contributed by atoms with van der Waals surface area (Å²) < 4.78 is 14.6. The Kier molecular flexibility index (Phi) is 5.72. The van der Waals surface area contributed by atoms with Crippen LogP contribution in [-0.2, 0) is 6.42 Å². The third kappa shape index (κ3) is 4.02. The van der Waals surface area contributed by atoms with Crippen LogP contribution in [0, 0.1) is 12.7 Å². The minimum absolute atomic E-state index is 0.0508. The molecule has 2 rings (SSSR count). The van der Waals surface area contributed by atoms with Crippen molar-refractivity contribution in [3.8, 4) is 0 Å². The Morgan fingerprint density at radius 3 is 2.52 bits per heavy atom. The van der Waals surface area contributed by atoms with Crippen molar-refractivity contribution in [2.24, 2.45) is 0 Å². The lowest BCUT2D eigenvalue weighted by Gasteiger charge is -2.15. The van der Waals surface area contributed by atoms with Crippen LogP contribution in [0.5, 0.6) is 0 Å². The summed E-state index contributed by atoms with van der Waals surface area (Å²) in [6.07, 6.45) is 0.628. The second-order valence-corrected chi connectivity index (χ2v) is 6.15. The van der Waals surface area contributed by atoms with E-state index in [2.05, 4.69) is 42.2 Å². The van der Waals surface area contributed by atoms with Gasteiger partial charge in [0.2, 0.25) is 0 Å². The number of nitrogens with zero attached hydrogens (tertiary/aromatic N) is 1. The predicted octanol–water partition coefficient (Wildman–Crippen LogP) is 4.05. The molecule has 21 heavy (non-hydrogen) atoms. The fraction of sp³-hybridized carbons (Fsp3) is 0.267. The number of aryl methyl sites for hydroxylation is 1. The van der Waals surface area contributed by atoms with Gasteiger partial charge in [-0.05, 0) is 56.5 Å². The van der Waals surface area contributed by atoms with E-state index in [1.165, 1.54) is 12.1 Å². The van der Waals surface area contributed by atoms with Crippen LogP contribution in [0.1, 0.15) is 16.8 Å². The minimum atomic E-state index is -0.246. The van der Waals surface area contributed by atoms with Crippen molar-refractivity contribution in [1.29, 1.82) is 0 Å². The fourth-order valence-corrected chi connectivity index (χ4v) is 3.64. The molecule has 2 aromatic rings. The lowest BCUT2D eigenvalue weighted by atomic mass is 10.1. The van der Waals surface area contributed by atoms with E-state index in [9.17, 15) is 4.39 Å². The zero-order valence-electron chi connectivity index (χ0n) is 11.5. The number of rotatable bonds is 5. The molecule has 0 spiro atoms. The standard InChI is InChI=1S/C15H15Br2FN2O/c1-9-14(19-6-7-21)13(16)12(15(17)20-9)8-10-2-4-11(18)5-3-10/h2-5,19,21H,6-8H2,1H3. The van der Waals surface area contributed by atoms with Gasteiger partial charge in [0.1, 0.15) is 10.4 Å². The minimum Gasteiger partial charge on any atom is -0.395 e. The molecule has 0 bridgehead atoms. The van der Waals surface area contributed by atoms with Gasteiger partial charge in [0.15, 0.2) is 0 Å². The first-order valence-electron chi connectivity index (χ1n) is 6.46. The quantitative estimate of drug-likeness (QED) is 0.721. The Hall–Kier alpha value is -0.980. The molecule has 112 valence electrons. The monoisotopic (exact) mass is 416 g/mol. The van der Waals surface area contributed by atoms with Crippen LogP contribution in [0.25, 0.3) is 0 Å². The van der Waals surface area contributed by atoms with E-state index in [0.29, 0.717) is 13.0 Å². The SMILES string of the molecule is Cc1nc(Br)c(Cc2ccc(F)cc2)c(Br)c1NCCO. The molecule has 1 aromatic heterocycles. The van der Waals surface area contributed by atoms with Crippen LogP contribution in [0.15, 0.2) is 33.3 Å². The number of pyridine rings is 1. The third-order valence-corrected chi connectivity index (χ3v) is 4.60. The highest BCUT2D eigenvalue weighted by atomic mass is 79.9. The van der Waals surface area contributed by atoms with Gasteiger partial charge < -0.3 is 10.4 Å². The van der Waals surface area contributed by atoms with Gasteiger partial charge in [0.25, 0.3) is 0 Å². The maximum atomic E-state index is 13.0. The average molecular weight is 418 g/mol. The summed E-state index contributed by atoms with van der Waals surface area (Å²) >= 11 is 7.08. The topological polar surface area (TPSA) is 45.2 Å². The molecule has 0 fully saturated rings. The molecule has 2 N–H and O–H groups in total. The van der Waals surface area contributed by atoms with Gasteiger partial charge >= 0.3 is 0 Å². The molecular formula is C15H15Br2FN2O. The van der Waals surface area contributed by atoms with E-state index in [1.807, 2.05) is 6.92 Å². The Morgan fingerprint density at radius 1 is 1.24 bits per heavy atom. The molecular weight excluding hydrogens is 403 g/mol. The molecule has 6 heteroatoms. The van der Waals surface area contributed by atoms with Crippen LogP contribution in [0.4, 0.5) is 10.1 Å². The van der Waals surface area contributed by atoms with E-state index in [0.717, 1.165) is 31.6 Å². The molecule has 3 nitrogen and oxygen atoms in total. The second kappa shape index (κ2) is 7.33. The Balaban J connectivity index is 2.36. The Morgan fingerprint density at radius 2 is 1.90 bits per heavy atom. The van der Waals surface area contributed by atoms with Crippen molar-refractivity contribution in [3.05, 3.63) is 56.0 Å². The summed E-state index contributed by atoms with van der Waals surface area (Å²) in [5.41, 5.74) is 3.68. The summed E-state index contributed by atoms with van der Waals surface area (Å²) in [5.74, 6) is -0.246. The highest BCUT2D eigenvalue weighted by Crippen LogP contribution is 2.34. The van der Waals surface area contributed by atoms with Gasteiger partial charge in [-0.2, -0.15) is 0 Å². The number of hydrogen-bond acceptors (Lipinski definition) is 3. The number of benzene rings is 1. The first kappa shape index (κ1) is 16.4. The van der Waals surface area contributed by atoms with Crippen LogP contribution in [-0.4, -0.2) is 23.2 Å². The first-order chi connectivity index (χ1) is 10.0. The number of aliphatic hydroxyl groups excluding tert-OH is 1. The molecule has 0 atom stereocenters. The van der Waals surface area contributed by atoms with Crippen LogP contribution in [0.3, 0.4) is 0 Å². The normalized spacial score (nSPS) is 10.7. The van der Waals surface area contributed by atoms with Crippen molar-refractivity contribution in [2.45, 2.75) is 13.3 Å². The van der Waals surface area contributed by atoms with Gasteiger partial charge in [-0.15, -0.1) is 0 Å². The number of aliphatic hydroxyl groups is 1. The maximum absolute atomic E-state index is 13.0. The van der Waals surface area contributed by atoms with Gasteiger partial charge in [-0.1, -0.05) is 12.1 Å². The van der Waals surface area contributed by atoms with Crippen LogP contribution in [0.2, 0.25) is 0 Å². The maximum Gasteiger partial charge on any atom is 0.123 e. The van der Waals surface area contributed by atoms with Crippen molar-refractivity contribution < 1.29 is 9.50 Å². The molecule has 1 heterocycles. The number of nitrogens with one attached hydrogen (secondary N) is 1. The number of anilines is 1. The Bertz CT molecular complexity index is 633. The smallest absolute Gasteiger partial charge is 0.123 e. The number of hydrogen-bond donors (Lipinski definition) is 2. The average Bonchev–Trinajstić information content (AvgIpc) is 2.45. The molecule has 1 aromatic carbocycles. The second-order valence-electron chi connectivity index (χ2n) is 4.61. The van der Waals surface area contributed by atoms with E-state index >= 15 is 0 Å². The van der Waals surface area contributed by atoms with E-state index in [4.69, 9.17) is 5.11 Å². The lowest BCUT2D eigenvalue weighted by Crippen LogP contribution is -2.10. The zero-order chi connectivity index (χ0) is 15.4. The van der Waals surface area contributed by atoms with Gasteiger partial charge in [0.05, 0.1) is 18.0 Å². The van der Waals surface area contributed by atoms with E-state index in [1.54, 1.807) is 12.1 Å². The molecule has 0 amide bonds. The molecule has 0 aliphatic rings. The highest BCUT2D eigenvalue weighted by Gasteiger charge is 2.15. The largest absolute Gasteiger partial charge is 0.395 e. The van der Waals surface area contributed by atoms with E-state index < -0.39 is 0 Å². The van der Waals surface area contributed by atoms with Crippen molar-refractivity contribution in [2.75, 3.05) is 18.5 Å². The number of halogens is 3. The molecule has 0 aliphatic carbocycles. The van der Waals surface area contributed by atoms with Crippen LogP contribution >= 0.6 is 31.9 Å². The zero-order valence-corrected chi connectivity index (χ0v) is 14.6. The van der Waals surface area contributed by atoms with Crippen molar-refractivity contribution >= 4 is 37.5 Å². The summed E-state index contributed by atoms with van der Waals surface area (Å²) in [5, 5.41) is 12.1. The van der Waals surface area contributed by atoms with Crippen molar-refractivity contribution in [1.82, 2.24) is 4.98 Å². The molecule has 0 saturated heterocycles. The molecule has 0 radical (unpaired) electrons. The lowest BCUT2D eigenvalue weighted by molar-refractivity contribution is 0.311. The molecule has 0 unspecified atom stereocenters. The predicted molar refractivity (Wildman–Crippen MR) is 89.2 cm³/mol. The van der Waals surface area contributed by atoms with Gasteiger partial charge in [0, 0.05) is 23.0 Å². The fourth-order valence-electron chi connectivity index (χ4n) is 2.01. The van der Waals surface area contributed by atoms with E-state index in [-0.39, 0.29) is 12.4 Å². The molecule has 0 saturated carbocycles. The summed E-state index contributed by atoms with van der Waals surface area (Å²) in [4.78, 5) is 4.47. The Labute approximate surface area is 139 Å². The molecule has 0 aliphatic heterocycles. The summed E-state index contributed by atoms with van der Waals surface area (Å²) in [6.45, 7) is 2.41. The van der Waals surface area contributed by atoms with Gasteiger partial charge in [-0.25, -0.2) is 9.37 Å².